The van der Waals surface area contributed by atoms with E-state index in [9.17, 15) is 5.11 Å². The molecule has 0 aromatic carbocycles. The minimum atomic E-state index is -0.274. The smallest absolute Gasteiger partial charge is 0.119 e. The van der Waals surface area contributed by atoms with E-state index in [0.29, 0.717) is 6.61 Å². The highest BCUT2D eigenvalue weighted by molar-refractivity contribution is 5.66. The maximum absolute atomic E-state index is 9.59. The van der Waals surface area contributed by atoms with Crippen molar-refractivity contribution < 1.29 is 9.84 Å². The van der Waals surface area contributed by atoms with Crippen molar-refractivity contribution in [3.63, 3.8) is 0 Å². The van der Waals surface area contributed by atoms with Gasteiger partial charge in [-0.15, -0.1) is 0 Å². The highest BCUT2D eigenvalue weighted by Gasteiger charge is 2.41. The first kappa shape index (κ1) is 8.01. The molecule has 2 aliphatic rings. The predicted octanol–water partition coefficient (Wildman–Crippen LogP) is -0.174. The highest BCUT2D eigenvalue weighted by Crippen LogP contribution is 2.25. The first-order chi connectivity index (χ1) is 5.83. The van der Waals surface area contributed by atoms with E-state index in [2.05, 4.69) is 5.10 Å². The van der Waals surface area contributed by atoms with Crippen LogP contribution in [0.1, 0.15) is 13.3 Å². The van der Waals surface area contributed by atoms with Crippen molar-refractivity contribution in [1.82, 2.24) is 5.01 Å². The van der Waals surface area contributed by atoms with Crippen molar-refractivity contribution >= 4 is 6.21 Å². The average Bonchev–Trinajstić information content (AvgIpc) is 2.58. The second-order valence-corrected chi connectivity index (χ2v) is 3.19. The zero-order valence-electron chi connectivity index (χ0n) is 7.18. The van der Waals surface area contributed by atoms with Gasteiger partial charge in [0.1, 0.15) is 12.1 Å². The Balaban J connectivity index is 2.04. The molecule has 0 unspecified atom stereocenters. The van der Waals surface area contributed by atoms with E-state index in [-0.39, 0.29) is 18.2 Å². The van der Waals surface area contributed by atoms with Gasteiger partial charge in [0.15, 0.2) is 0 Å². The molecular weight excluding hydrogens is 156 g/mol. The first-order valence-corrected chi connectivity index (χ1v) is 4.43. The Hall–Kier alpha value is -0.610. The van der Waals surface area contributed by atoms with E-state index < -0.39 is 0 Å². The number of hydrogen-bond donors (Lipinski definition) is 1. The maximum Gasteiger partial charge on any atom is 0.119 e. The summed E-state index contributed by atoms with van der Waals surface area (Å²) in [6, 6.07) is 0.0740. The fourth-order valence-corrected chi connectivity index (χ4v) is 1.88. The highest BCUT2D eigenvalue weighted by atomic mass is 16.5. The second kappa shape index (κ2) is 3.03. The average molecular weight is 170 g/mol. The summed E-state index contributed by atoms with van der Waals surface area (Å²) in [5.41, 5.74) is 0. The molecule has 1 fully saturated rings. The zero-order chi connectivity index (χ0) is 8.55. The van der Waals surface area contributed by atoms with Crippen molar-refractivity contribution in [3.05, 3.63) is 0 Å². The van der Waals surface area contributed by atoms with Gasteiger partial charge in [0.25, 0.3) is 0 Å². The summed E-state index contributed by atoms with van der Waals surface area (Å²) in [4.78, 5) is 0. The van der Waals surface area contributed by atoms with Crippen LogP contribution in [-0.2, 0) is 4.74 Å². The van der Waals surface area contributed by atoms with Crippen LogP contribution in [0.3, 0.4) is 0 Å². The molecule has 0 radical (unpaired) electrons. The molecule has 0 amide bonds. The molecule has 2 heterocycles. The van der Waals surface area contributed by atoms with Crippen LogP contribution in [-0.4, -0.2) is 47.7 Å². The van der Waals surface area contributed by atoms with Gasteiger partial charge in [0.05, 0.1) is 12.3 Å². The first-order valence-electron chi connectivity index (χ1n) is 4.43. The van der Waals surface area contributed by atoms with E-state index in [4.69, 9.17) is 4.74 Å². The van der Waals surface area contributed by atoms with Crippen molar-refractivity contribution in [2.45, 2.75) is 31.6 Å². The van der Waals surface area contributed by atoms with E-state index in [0.717, 1.165) is 13.0 Å². The quantitative estimate of drug-likeness (QED) is 0.625. The van der Waals surface area contributed by atoms with Crippen LogP contribution in [0.15, 0.2) is 5.10 Å². The predicted molar refractivity (Wildman–Crippen MR) is 45.0 cm³/mol. The number of ether oxygens (including phenoxy) is 1. The van der Waals surface area contributed by atoms with Crippen molar-refractivity contribution in [1.29, 1.82) is 0 Å². The summed E-state index contributed by atoms with van der Waals surface area (Å²) in [6.07, 6.45) is 2.32. The number of fused-ring (bicyclic) bond motifs is 1. The summed E-state index contributed by atoms with van der Waals surface area (Å²) in [6.45, 7) is 3.48. The molecule has 12 heavy (non-hydrogen) atoms. The lowest BCUT2D eigenvalue weighted by Gasteiger charge is -2.21. The molecule has 0 aliphatic carbocycles. The van der Waals surface area contributed by atoms with Gasteiger partial charge in [-0.2, -0.15) is 5.10 Å². The standard InChI is InChI=1S/C8H14N2O2/c1-2-12-7-5-9-10-4-3-6(11)8(7)10/h5-8,11H,2-4H2,1H3/t6-,7-,8+/m1/s1. The summed E-state index contributed by atoms with van der Waals surface area (Å²) >= 11 is 0. The Morgan fingerprint density at radius 3 is 3.33 bits per heavy atom. The van der Waals surface area contributed by atoms with Crippen LogP contribution >= 0.6 is 0 Å². The summed E-state index contributed by atoms with van der Waals surface area (Å²) in [5, 5.41) is 15.7. The van der Waals surface area contributed by atoms with Crippen LogP contribution in [0, 0.1) is 0 Å². The molecule has 0 aromatic rings. The number of rotatable bonds is 2. The third kappa shape index (κ3) is 1.11. The fraction of sp³-hybridized carbons (Fsp3) is 0.875. The lowest BCUT2D eigenvalue weighted by atomic mass is 10.1. The van der Waals surface area contributed by atoms with Crippen LogP contribution in [0.2, 0.25) is 0 Å². The molecule has 4 nitrogen and oxygen atoms in total. The third-order valence-corrected chi connectivity index (χ3v) is 2.45. The van der Waals surface area contributed by atoms with Gasteiger partial charge in [-0.3, -0.25) is 5.01 Å². The number of aliphatic hydroxyl groups excluding tert-OH is 1. The lowest BCUT2D eigenvalue weighted by Crippen LogP contribution is -2.39. The van der Waals surface area contributed by atoms with Gasteiger partial charge in [-0.05, 0) is 13.3 Å². The molecule has 1 saturated heterocycles. The second-order valence-electron chi connectivity index (χ2n) is 3.19. The molecule has 0 saturated carbocycles. The molecule has 2 aliphatic heterocycles. The Morgan fingerprint density at radius 1 is 1.75 bits per heavy atom. The normalized spacial score (nSPS) is 39.2. The van der Waals surface area contributed by atoms with Gasteiger partial charge in [-0.1, -0.05) is 0 Å². The van der Waals surface area contributed by atoms with Gasteiger partial charge in [0, 0.05) is 13.2 Å². The molecular formula is C8H14N2O2. The Kier molecular flexibility index (Phi) is 2.02. The van der Waals surface area contributed by atoms with Gasteiger partial charge in [0.2, 0.25) is 0 Å². The summed E-state index contributed by atoms with van der Waals surface area (Å²) < 4.78 is 5.44. The molecule has 4 heteroatoms. The van der Waals surface area contributed by atoms with E-state index in [1.165, 1.54) is 0 Å². The summed E-state index contributed by atoms with van der Waals surface area (Å²) in [7, 11) is 0. The largest absolute Gasteiger partial charge is 0.391 e. The zero-order valence-corrected chi connectivity index (χ0v) is 7.18. The number of hydrogen-bond acceptors (Lipinski definition) is 4. The molecule has 0 aromatic heterocycles. The Bertz CT molecular complexity index is 195. The molecule has 0 bridgehead atoms. The van der Waals surface area contributed by atoms with E-state index in [1.807, 2.05) is 11.9 Å². The minimum absolute atomic E-state index is 0.00694. The third-order valence-electron chi connectivity index (χ3n) is 2.45. The topological polar surface area (TPSA) is 45.1 Å². The molecule has 1 N–H and O–H groups in total. The van der Waals surface area contributed by atoms with E-state index >= 15 is 0 Å². The fourth-order valence-electron chi connectivity index (χ4n) is 1.88. The van der Waals surface area contributed by atoms with Gasteiger partial charge in [-0.25, -0.2) is 0 Å². The Labute approximate surface area is 71.8 Å². The summed E-state index contributed by atoms with van der Waals surface area (Å²) in [5.74, 6) is 0. The lowest BCUT2D eigenvalue weighted by molar-refractivity contribution is 0.0215. The monoisotopic (exact) mass is 170 g/mol. The molecule has 2 rings (SSSR count). The van der Waals surface area contributed by atoms with Gasteiger partial charge >= 0.3 is 0 Å². The van der Waals surface area contributed by atoms with Gasteiger partial charge < -0.3 is 9.84 Å². The van der Waals surface area contributed by atoms with Crippen LogP contribution in [0.4, 0.5) is 0 Å². The van der Waals surface area contributed by atoms with Crippen LogP contribution in [0.5, 0.6) is 0 Å². The van der Waals surface area contributed by atoms with Crippen molar-refractivity contribution in [2.24, 2.45) is 5.10 Å². The SMILES string of the molecule is CCO[C@@H]1C=NN2CC[C@@H](O)[C@@H]12. The minimum Gasteiger partial charge on any atom is -0.391 e. The number of aliphatic hydroxyl groups is 1. The number of hydrazone groups is 1. The maximum atomic E-state index is 9.59. The Morgan fingerprint density at radius 2 is 2.58 bits per heavy atom. The van der Waals surface area contributed by atoms with Crippen LogP contribution < -0.4 is 0 Å². The molecule has 3 atom stereocenters. The van der Waals surface area contributed by atoms with Crippen molar-refractivity contribution in [2.75, 3.05) is 13.2 Å². The van der Waals surface area contributed by atoms with Crippen LogP contribution in [0.25, 0.3) is 0 Å². The van der Waals surface area contributed by atoms with Crippen molar-refractivity contribution in [3.8, 4) is 0 Å². The molecule has 68 valence electrons. The molecule has 0 spiro atoms. The number of nitrogens with zero attached hydrogens (tertiary/aromatic N) is 2. The van der Waals surface area contributed by atoms with E-state index in [1.54, 1.807) is 6.21 Å².